The molecule has 0 heterocycles. The van der Waals surface area contributed by atoms with E-state index in [-0.39, 0.29) is 0 Å². The second kappa shape index (κ2) is 4.80. The molecule has 0 fully saturated rings. The maximum Gasteiger partial charge on any atom is 0.223 e. The number of fused-ring (bicyclic) bond motifs is 3. The van der Waals surface area contributed by atoms with Crippen LogP contribution in [-0.2, 0) is 15.3 Å². The lowest BCUT2D eigenvalue weighted by Crippen LogP contribution is -2.32. The molecule has 0 saturated heterocycles. The largest absolute Gasteiger partial charge is 0.342 e. The summed E-state index contributed by atoms with van der Waals surface area (Å²) in [7, 11) is 0. The zero-order chi connectivity index (χ0) is 13.3. The maximum atomic E-state index is 6.06. The van der Waals surface area contributed by atoms with Gasteiger partial charge in [-0.15, -0.1) is 0 Å². The Morgan fingerprint density at radius 2 is 1.16 bits per heavy atom. The van der Waals surface area contributed by atoms with E-state index < -0.39 is 5.79 Å². The first-order valence-electron chi connectivity index (χ1n) is 6.80. The van der Waals surface area contributed by atoms with Crippen molar-refractivity contribution in [1.29, 1.82) is 0 Å². The van der Waals surface area contributed by atoms with Gasteiger partial charge in [0.2, 0.25) is 5.79 Å². The van der Waals surface area contributed by atoms with Crippen molar-refractivity contribution in [3.8, 4) is 11.1 Å². The summed E-state index contributed by atoms with van der Waals surface area (Å²) in [5, 5.41) is 0. The van der Waals surface area contributed by atoms with Crippen LogP contribution in [0.1, 0.15) is 25.0 Å². The highest BCUT2D eigenvalue weighted by Crippen LogP contribution is 2.50. The fraction of sp³-hybridized carbons (Fsp3) is 0.294. The van der Waals surface area contributed by atoms with Gasteiger partial charge in [0.25, 0.3) is 0 Å². The molecule has 0 aliphatic heterocycles. The van der Waals surface area contributed by atoms with Crippen molar-refractivity contribution in [2.24, 2.45) is 0 Å². The van der Waals surface area contributed by atoms with Gasteiger partial charge >= 0.3 is 0 Å². The van der Waals surface area contributed by atoms with Crippen LogP contribution < -0.4 is 0 Å². The van der Waals surface area contributed by atoms with Gasteiger partial charge in [-0.3, -0.25) is 0 Å². The number of ether oxygens (including phenoxy) is 2. The SMILES string of the molecule is CCOC1(OCC)c2ccccc2-c2ccccc21. The Balaban J connectivity index is 2.28. The molecule has 0 amide bonds. The van der Waals surface area contributed by atoms with Crippen LogP contribution >= 0.6 is 0 Å². The summed E-state index contributed by atoms with van der Waals surface area (Å²) in [6, 6.07) is 16.7. The summed E-state index contributed by atoms with van der Waals surface area (Å²) in [6.07, 6.45) is 0. The molecule has 1 aliphatic rings. The first-order valence-corrected chi connectivity index (χ1v) is 6.80. The molecule has 0 aromatic heterocycles. The number of rotatable bonds is 4. The van der Waals surface area contributed by atoms with Crippen molar-refractivity contribution < 1.29 is 9.47 Å². The highest BCUT2D eigenvalue weighted by Gasteiger charge is 2.44. The van der Waals surface area contributed by atoms with Gasteiger partial charge in [0.15, 0.2) is 0 Å². The monoisotopic (exact) mass is 254 g/mol. The molecule has 19 heavy (non-hydrogen) atoms. The Hall–Kier alpha value is -1.64. The molecule has 2 heteroatoms. The molecule has 0 bridgehead atoms. The van der Waals surface area contributed by atoms with Crippen LogP contribution in [0.15, 0.2) is 48.5 Å². The highest BCUT2D eigenvalue weighted by atomic mass is 16.7. The van der Waals surface area contributed by atoms with Crippen molar-refractivity contribution in [1.82, 2.24) is 0 Å². The molecule has 0 unspecified atom stereocenters. The van der Waals surface area contributed by atoms with E-state index in [2.05, 4.69) is 36.4 Å². The minimum Gasteiger partial charge on any atom is -0.342 e. The van der Waals surface area contributed by atoms with E-state index in [0.29, 0.717) is 13.2 Å². The van der Waals surface area contributed by atoms with E-state index in [1.165, 1.54) is 11.1 Å². The Morgan fingerprint density at radius 1 is 0.737 bits per heavy atom. The molecule has 2 aromatic rings. The molecule has 98 valence electrons. The third-order valence-corrected chi connectivity index (χ3v) is 3.55. The normalized spacial score (nSPS) is 15.1. The topological polar surface area (TPSA) is 18.5 Å². The number of hydrogen-bond donors (Lipinski definition) is 0. The molecule has 2 nitrogen and oxygen atoms in total. The van der Waals surface area contributed by atoms with Gasteiger partial charge in [-0.05, 0) is 25.0 Å². The maximum absolute atomic E-state index is 6.06. The molecule has 3 rings (SSSR count). The zero-order valence-corrected chi connectivity index (χ0v) is 11.3. The van der Waals surface area contributed by atoms with E-state index in [0.717, 1.165) is 11.1 Å². The van der Waals surface area contributed by atoms with E-state index >= 15 is 0 Å². The van der Waals surface area contributed by atoms with Gasteiger partial charge in [-0.25, -0.2) is 0 Å². The molecule has 2 aromatic carbocycles. The molecule has 1 aliphatic carbocycles. The van der Waals surface area contributed by atoms with Gasteiger partial charge in [-0.2, -0.15) is 0 Å². The highest BCUT2D eigenvalue weighted by molar-refractivity contribution is 5.79. The van der Waals surface area contributed by atoms with E-state index in [1.54, 1.807) is 0 Å². The Kier molecular flexibility index (Phi) is 3.13. The third-order valence-electron chi connectivity index (χ3n) is 3.55. The average molecular weight is 254 g/mol. The van der Waals surface area contributed by atoms with E-state index in [1.807, 2.05) is 26.0 Å². The minimum atomic E-state index is -0.739. The van der Waals surface area contributed by atoms with E-state index in [4.69, 9.17) is 9.47 Å². The molecule has 0 atom stereocenters. The third kappa shape index (κ3) is 1.71. The van der Waals surface area contributed by atoms with Gasteiger partial charge in [0, 0.05) is 24.3 Å². The van der Waals surface area contributed by atoms with Crippen LogP contribution in [0.2, 0.25) is 0 Å². The van der Waals surface area contributed by atoms with Crippen LogP contribution in [-0.4, -0.2) is 13.2 Å². The minimum absolute atomic E-state index is 0.614. The van der Waals surface area contributed by atoms with Gasteiger partial charge in [0.05, 0.1) is 0 Å². The van der Waals surface area contributed by atoms with Crippen molar-refractivity contribution >= 4 is 0 Å². The first-order chi connectivity index (χ1) is 9.33. The van der Waals surface area contributed by atoms with Gasteiger partial charge < -0.3 is 9.47 Å². The Morgan fingerprint density at radius 3 is 1.58 bits per heavy atom. The summed E-state index contributed by atoms with van der Waals surface area (Å²) in [4.78, 5) is 0. The van der Waals surface area contributed by atoms with Crippen LogP contribution in [0.5, 0.6) is 0 Å². The smallest absolute Gasteiger partial charge is 0.223 e. The predicted octanol–water partition coefficient (Wildman–Crippen LogP) is 3.94. The molecule has 0 N–H and O–H groups in total. The summed E-state index contributed by atoms with van der Waals surface area (Å²) in [5.41, 5.74) is 4.64. The Bertz CT molecular complexity index is 536. The number of benzene rings is 2. The van der Waals surface area contributed by atoms with E-state index in [9.17, 15) is 0 Å². The van der Waals surface area contributed by atoms with Gasteiger partial charge in [-0.1, -0.05) is 48.5 Å². The van der Waals surface area contributed by atoms with Crippen molar-refractivity contribution in [2.45, 2.75) is 19.6 Å². The molecular weight excluding hydrogens is 236 g/mol. The van der Waals surface area contributed by atoms with Crippen LogP contribution in [0.3, 0.4) is 0 Å². The van der Waals surface area contributed by atoms with Crippen molar-refractivity contribution in [2.75, 3.05) is 13.2 Å². The quantitative estimate of drug-likeness (QED) is 0.769. The lowest BCUT2D eigenvalue weighted by atomic mass is 10.0. The summed E-state index contributed by atoms with van der Waals surface area (Å²) >= 11 is 0. The van der Waals surface area contributed by atoms with Gasteiger partial charge in [0.1, 0.15) is 0 Å². The lowest BCUT2D eigenvalue weighted by Gasteiger charge is -2.31. The van der Waals surface area contributed by atoms with Crippen LogP contribution in [0, 0.1) is 0 Å². The lowest BCUT2D eigenvalue weighted by molar-refractivity contribution is -0.210. The molecule has 0 radical (unpaired) electrons. The standard InChI is InChI=1S/C17H18O2/c1-3-18-17(19-4-2)15-11-7-5-9-13(15)14-10-6-8-12-16(14)17/h5-12H,3-4H2,1-2H3. The second-order valence-corrected chi connectivity index (χ2v) is 4.57. The second-order valence-electron chi connectivity index (χ2n) is 4.57. The summed E-state index contributed by atoms with van der Waals surface area (Å²) in [6.45, 7) is 5.24. The van der Waals surface area contributed by atoms with Crippen LogP contribution in [0.4, 0.5) is 0 Å². The zero-order valence-electron chi connectivity index (χ0n) is 11.3. The summed E-state index contributed by atoms with van der Waals surface area (Å²) in [5.74, 6) is -0.739. The fourth-order valence-corrected chi connectivity index (χ4v) is 2.91. The number of hydrogen-bond acceptors (Lipinski definition) is 2. The molecule has 0 saturated carbocycles. The van der Waals surface area contributed by atoms with Crippen LogP contribution in [0.25, 0.3) is 11.1 Å². The van der Waals surface area contributed by atoms with Crippen molar-refractivity contribution in [3.05, 3.63) is 59.7 Å². The molecule has 0 spiro atoms. The Labute approximate surface area is 114 Å². The average Bonchev–Trinajstić information content (AvgIpc) is 2.72. The molecular formula is C17H18O2. The fourth-order valence-electron chi connectivity index (χ4n) is 2.91. The van der Waals surface area contributed by atoms with Crippen molar-refractivity contribution in [3.63, 3.8) is 0 Å². The summed E-state index contributed by atoms with van der Waals surface area (Å²) < 4.78 is 12.1. The predicted molar refractivity (Wildman–Crippen MR) is 75.9 cm³/mol. The first kappa shape index (κ1) is 12.4.